The minimum absolute atomic E-state index is 0.383. The predicted molar refractivity (Wildman–Crippen MR) is 75.7 cm³/mol. The number of aryl methyl sites for hydroxylation is 1. The average Bonchev–Trinajstić information content (AvgIpc) is 2.38. The van der Waals surface area contributed by atoms with E-state index in [1.165, 1.54) is 0 Å². The van der Waals surface area contributed by atoms with Gasteiger partial charge in [0, 0.05) is 22.5 Å². The number of methoxy groups -OCH3 is 1. The van der Waals surface area contributed by atoms with E-state index in [9.17, 15) is 4.79 Å². The van der Waals surface area contributed by atoms with Gasteiger partial charge in [0.15, 0.2) is 0 Å². The molecule has 0 aliphatic rings. The molecule has 2 aromatic carbocycles. The topological polar surface area (TPSA) is 65.5 Å². The Morgan fingerprint density at radius 1 is 1.11 bits per heavy atom. The van der Waals surface area contributed by atoms with E-state index in [-0.39, 0.29) is 5.63 Å². The number of anilines is 1. The highest BCUT2D eigenvalue weighted by molar-refractivity contribution is 6.05. The van der Waals surface area contributed by atoms with Crippen LogP contribution < -0.4 is 16.1 Å². The third-order valence-corrected chi connectivity index (χ3v) is 3.25. The van der Waals surface area contributed by atoms with Gasteiger partial charge in [0.2, 0.25) is 0 Å². The van der Waals surface area contributed by atoms with Crippen LogP contribution in [0.25, 0.3) is 21.7 Å². The number of benzene rings is 2. The molecule has 1 aromatic heterocycles. The van der Waals surface area contributed by atoms with Crippen LogP contribution in [-0.2, 0) is 0 Å². The van der Waals surface area contributed by atoms with Crippen molar-refractivity contribution in [1.82, 2.24) is 0 Å². The van der Waals surface area contributed by atoms with Crippen LogP contribution in [0.3, 0.4) is 0 Å². The van der Waals surface area contributed by atoms with Crippen LogP contribution in [0, 0.1) is 6.92 Å². The summed E-state index contributed by atoms with van der Waals surface area (Å²) >= 11 is 0. The Morgan fingerprint density at radius 3 is 2.63 bits per heavy atom. The Bertz CT molecular complexity index is 849. The molecule has 0 aliphatic heterocycles. The number of hydrogen-bond acceptors (Lipinski definition) is 4. The SMILES string of the molecule is COc1cc2c(=O)oc3cc(N)ccc3c2cc1C. The highest BCUT2D eigenvalue weighted by atomic mass is 16.5. The van der Waals surface area contributed by atoms with Crippen molar-refractivity contribution < 1.29 is 9.15 Å². The van der Waals surface area contributed by atoms with Crippen molar-refractivity contribution >= 4 is 27.4 Å². The van der Waals surface area contributed by atoms with Gasteiger partial charge in [-0.2, -0.15) is 0 Å². The summed E-state index contributed by atoms with van der Waals surface area (Å²) in [5, 5.41) is 2.24. The molecule has 4 nitrogen and oxygen atoms in total. The molecule has 96 valence electrons. The summed E-state index contributed by atoms with van der Waals surface area (Å²) < 4.78 is 10.5. The number of hydrogen-bond donors (Lipinski definition) is 1. The van der Waals surface area contributed by atoms with Gasteiger partial charge in [0.25, 0.3) is 0 Å². The third kappa shape index (κ3) is 1.73. The van der Waals surface area contributed by atoms with E-state index >= 15 is 0 Å². The Hall–Kier alpha value is -2.49. The van der Waals surface area contributed by atoms with Crippen LogP contribution >= 0.6 is 0 Å². The number of nitrogen functional groups attached to an aromatic ring is 1. The van der Waals surface area contributed by atoms with Gasteiger partial charge in [0.05, 0.1) is 12.5 Å². The molecule has 0 radical (unpaired) electrons. The van der Waals surface area contributed by atoms with Gasteiger partial charge in [-0.15, -0.1) is 0 Å². The lowest BCUT2D eigenvalue weighted by Crippen LogP contribution is -2.01. The molecule has 0 fully saturated rings. The lowest BCUT2D eigenvalue weighted by Gasteiger charge is -2.08. The smallest absolute Gasteiger partial charge is 0.344 e. The average molecular weight is 255 g/mol. The van der Waals surface area contributed by atoms with Gasteiger partial charge in [-0.3, -0.25) is 0 Å². The first-order valence-corrected chi connectivity index (χ1v) is 5.91. The first-order chi connectivity index (χ1) is 9.10. The second kappa shape index (κ2) is 4.02. The first-order valence-electron chi connectivity index (χ1n) is 5.91. The molecular formula is C15H13NO3. The number of rotatable bonds is 1. The minimum Gasteiger partial charge on any atom is -0.496 e. The summed E-state index contributed by atoms with van der Waals surface area (Å²) in [5.74, 6) is 0.676. The van der Waals surface area contributed by atoms with Crippen molar-refractivity contribution in [1.29, 1.82) is 0 Å². The quantitative estimate of drug-likeness (QED) is 0.412. The van der Waals surface area contributed by atoms with E-state index in [1.54, 1.807) is 25.3 Å². The molecular weight excluding hydrogens is 242 g/mol. The maximum Gasteiger partial charge on any atom is 0.344 e. The maximum atomic E-state index is 12.0. The molecule has 0 atom stereocenters. The highest BCUT2D eigenvalue weighted by Crippen LogP contribution is 2.29. The molecule has 3 rings (SSSR count). The molecule has 0 bridgehead atoms. The summed E-state index contributed by atoms with van der Waals surface area (Å²) in [5.41, 5.74) is 7.37. The van der Waals surface area contributed by atoms with E-state index in [1.807, 2.05) is 19.1 Å². The van der Waals surface area contributed by atoms with Gasteiger partial charge in [-0.1, -0.05) is 0 Å². The van der Waals surface area contributed by atoms with Gasteiger partial charge in [0.1, 0.15) is 11.3 Å². The number of ether oxygens (including phenoxy) is 1. The predicted octanol–water partition coefficient (Wildman–Crippen LogP) is 2.85. The van der Waals surface area contributed by atoms with Gasteiger partial charge >= 0.3 is 5.63 Å². The molecule has 0 saturated heterocycles. The molecule has 4 heteroatoms. The minimum atomic E-state index is -0.383. The second-order valence-electron chi connectivity index (χ2n) is 4.51. The van der Waals surface area contributed by atoms with E-state index in [4.69, 9.17) is 14.9 Å². The van der Waals surface area contributed by atoms with Crippen molar-refractivity contribution in [3.63, 3.8) is 0 Å². The number of nitrogens with two attached hydrogens (primary N) is 1. The molecule has 1 heterocycles. The van der Waals surface area contributed by atoms with Crippen LogP contribution in [0.2, 0.25) is 0 Å². The van der Waals surface area contributed by atoms with E-state index in [0.717, 1.165) is 16.3 Å². The van der Waals surface area contributed by atoms with Crippen LogP contribution in [0.5, 0.6) is 5.75 Å². The monoisotopic (exact) mass is 255 g/mol. The zero-order valence-electron chi connectivity index (χ0n) is 10.7. The van der Waals surface area contributed by atoms with Crippen molar-refractivity contribution in [3.05, 3.63) is 46.3 Å². The van der Waals surface area contributed by atoms with Crippen molar-refractivity contribution in [2.45, 2.75) is 6.92 Å². The summed E-state index contributed by atoms with van der Waals surface area (Å²) in [6.45, 7) is 1.94. The molecule has 0 amide bonds. The van der Waals surface area contributed by atoms with Gasteiger partial charge in [-0.05, 0) is 36.8 Å². The molecule has 0 spiro atoms. The Labute approximate surface area is 109 Å². The van der Waals surface area contributed by atoms with Gasteiger partial charge in [-0.25, -0.2) is 4.79 Å². The number of fused-ring (bicyclic) bond motifs is 3. The molecule has 0 unspecified atom stereocenters. The molecule has 19 heavy (non-hydrogen) atoms. The molecule has 2 N–H and O–H groups in total. The Kier molecular flexibility index (Phi) is 2.45. The second-order valence-corrected chi connectivity index (χ2v) is 4.51. The molecule has 0 saturated carbocycles. The Balaban J connectivity index is 2.54. The first kappa shape index (κ1) is 11.6. The van der Waals surface area contributed by atoms with Crippen LogP contribution in [0.4, 0.5) is 5.69 Å². The van der Waals surface area contributed by atoms with E-state index in [2.05, 4.69) is 0 Å². The van der Waals surface area contributed by atoms with Crippen molar-refractivity contribution in [3.8, 4) is 5.75 Å². The normalized spacial score (nSPS) is 11.1. The summed E-state index contributed by atoms with van der Waals surface area (Å²) in [6, 6.07) is 8.97. The lowest BCUT2D eigenvalue weighted by molar-refractivity contribution is 0.412. The lowest BCUT2D eigenvalue weighted by atomic mass is 10.0. The van der Waals surface area contributed by atoms with E-state index in [0.29, 0.717) is 22.4 Å². The molecule has 3 aromatic rings. The fourth-order valence-corrected chi connectivity index (χ4v) is 2.30. The molecule has 0 aliphatic carbocycles. The fourth-order valence-electron chi connectivity index (χ4n) is 2.30. The third-order valence-electron chi connectivity index (χ3n) is 3.25. The maximum absolute atomic E-state index is 12.0. The summed E-state index contributed by atoms with van der Waals surface area (Å²) in [4.78, 5) is 12.0. The zero-order chi connectivity index (χ0) is 13.6. The zero-order valence-corrected chi connectivity index (χ0v) is 10.7. The highest BCUT2D eigenvalue weighted by Gasteiger charge is 2.10. The summed E-state index contributed by atoms with van der Waals surface area (Å²) in [7, 11) is 1.58. The van der Waals surface area contributed by atoms with Gasteiger partial charge < -0.3 is 14.9 Å². The Morgan fingerprint density at radius 2 is 1.89 bits per heavy atom. The van der Waals surface area contributed by atoms with Crippen molar-refractivity contribution in [2.24, 2.45) is 0 Å². The summed E-state index contributed by atoms with van der Waals surface area (Å²) in [6.07, 6.45) is 0. The van der Waals surface area contributed by atoms with E-state index < -0.39 is 0 Å². The fraction of sp³-hybridized carbons (Fsp3) is 0.133. The standard InChI is InChI=1S/C15H13NO3/c1-8-5-11-10-4-3-9(16)6-14(10)19-15(17)12(11)7-13(8)18-2/h3-7H,16H2,1-2H3. The van der Waals surface area contributed by atoms with Crippen molar-refractivity contribution in [2.75, 3.05) is 12.8 Å². The van der Waals surface area contributed by atoms with Crippen LogP contribution in [0.1, 0.15) is 5.56 Å². The largest absolute Gasteiger partial charge is 0.496 e. The van der Waals surface area contributed by atoms with Crippen LogP contribution in [-0.4, -0.2) is 7.11 Å². The van der Waals surface area contributed by atoms with Crippen LogP contribution in [0.15, 0.2) is 39.5 Å².